The Bertz CT molecular complexity index is 1560. The van der Waals surface area contributed by atoms with Crippen molar-refractivity contribution in [3.63, 3.8) is 0 Å². The standard InChI is InChI=1S/C40H67N7O16/c1-5-6-7-8-9-10-11-12-13-14-15-16-17-18-33(52)41-29(19-22-34(53)45(61)26(2)49)37(56)42-30(20-23-35(54)46(62)27(3)50)38(57)44-32(25-48)39(58)43-31(40(59)60)21-24-36(55)47(63)28(4)51/h29-32,48,61-63H,5-25H2,1-4H3,(H,41,52)(H,42,56)(H,43,58)(H,44,57)(H,59,60)/t29-,30-,31-,32-/m0/s1. The van der Waals surface area contributed by atoms with Crippen molar-refractivity contribution in [2.45, 2.75) is 180 Å². The van der Waals surface area contributed by atoms with E-state index < -0.39 is 134 Å². The molecule has 0 aliphatic carbocycles. The largest absolute Gasteiger partial charge is 0.480 e. The van der Waals surface area contributed by atoms with E-state index in [1.54, 1.807) is 0 Å². The number of imide groups is 3. The van der Waals surface area contributed by atoms with Crippen LogP contribution in [0.25, 0.3) is 0 Å². The van der Waals surface area contributed by atoms with Gasteiger partial charge >= 0.3 is 5.97 Å². The van der Waals surface area contributed by atoms with Gasteiger partial charge in [0.1, 0.15) is 24.2 Å². The summed E-state index contributed by atoms with van der Waals surface area (Å²) >= 11 is 0. The van der Waals surface area contributed by atoms with Gasteiger partial charge in [0.2, 0.25) is 41.4 Å². The van der Waals surface area contributed by atoms with Crippen LogP contribution in [0.2, 0.25) is 0 Å². The summed E-state index contributed by atoms with van der Waals surface area (Å²) in [6.45, 7) is 3.62. The van der Waals surface area contributed by atoms with Crippen LogP contribution in [0, 0.1) is 0 Å². The molecule has 23 heteroatoms. The van der Waals surface area contributed by atoms with Gasteiger partial charge in [-0.3, -0.25) is 63.6 Å². The first-order valence-electron chi connectivity index (χ1n) is 21.3. The van der Waals surface area contributed by atoms with Gasteiger partial charge in [-0.15, -0.1) is 0 Å². The Kier molecular flexibility index (Phi) is 29.5. The molecule has 0 saturated carbocycles. The average molecular weight is 902 g/mol. The van der Waals surface area contributed by atoms with E-state index in [-0.39, 0.29) is 21.6 Å². The summed E-state index contributed by atoms with van der Waals surface area (Å²) in [5, 5.41) is 56.6. The number of aliphatic hydroxyl groups is 1. The number of rotatable bonds is 32. The van der Waals surface area contributed by atoms with Crippen LogP contribution in [0.15, 0.2) is 0 Å². The molecule has 0 unspecified atom stereocenters. The van der Waals surface area contributed by atoms with Crippen LogP contribution >= 0.6 is 0 Å². The molecule has 358 valence electrons. The lowest BCUT2D eigenvalue weighted by molar-refractivity contribution is -0.178. The lowest BCUT2D eigenvalue weighted by Gasteiger charge is -2.26. The van der Waals surface area contributed by atoms with Crippen LogP contribution in [0.3, 0.4) is 0 Å². The maximum Gasteiger partial charge on any atom is 0.326 e. The number of aliphatic hydroxyl groups excluding tert-OH is 1. The normalized spacial score (nSPS) is 12.7. The molecular weight excluding hydrogens is 834 g/mol. The van der Waals surface area contributed by atoms with Gasteiger partial charge < -0.3 is 31.5 Å². The fourth-order valence-electron chi connectivity index (χ4n) is 6.02. The lowest BCUT2D eigenvalue weighted by atomic mass is 10.0. The van der Waals surface area contributed by atoms with Crippen LogP contribution in [-0.4, -0.2) is 137 Å². The first-order valence-corrected chi connectivity index (χ1v) is 21.3. The summed E-state index contributed by atoms with van der Waals surface area (Å²) in [7, 11) is 0. The predicted octanol–water partition coefficient (Wildman–Crippen LogP) is 1.12. The van der Waals surface area contributed by atoms with Crippen molar-refractivity contribution in [2.75, 3.05) is 6.61 Å². The monoisotopic (exact) mass is 901 g/mol. The molecule has 0 aliphatic heterocycles. The molecule has 63 heavy (non-hydrogen) atoms. The van der Waals surface area contributed by atoms with Gasteiger partial charge in [-0.2, -0.15) is 15.2 Å². The number of carboxylic acids is 1. The summed E-state index contributed by atoms with van der Waals surface area (Å²) < 4.78 is 0. The van der Waals surface area contributed by atoms with E-state index in [0.29, 0.717) is 12.8 Å². The van der Waals surface area contributed by atoms with Crippen LogP contribution in [0.1, 0.15) is 156 Å². The number of carbonyl (C=O) groups excluding carboxylic acids is 10. The fourth-order valence-corrected chi connectivity index (χ4v) is 6.02. The second-order valence-corrected chi connectivity index (χ2v) is 15.1. The predicted molar refractivity (Wildman–Crippen MR) is 218 cm³/mol. The maximum absolute atomic E-state index is 13.7. The number of nitrogens with one attached hydrogen (secondary N) is 4. The lowest BCUT2D eigenvalue weighted by Crippen LogP contribution is -2.58. The van der Waals surface area contributed by atoms with E-state index >= 15 is 0 Å². The number of unbranched alkanes of at least 4 members (excludes halogenated alkanes) is 12. The van der Waals surface area contributed by atoms with Crippen molar-refractivity contribution in [3.05, 3.63) is 0 Å². The smallest absolute Gasteiger partial charge is 0.326 e. The number of hydrogen-bond acceptors (Lipinski definition) is 15. The third-order valence-corrected chi connectivity index (χ3v) is 9.77. The molecule has 0 aliphatic rings. The molecule has 9 N–H and O–H groups in total. The van der Waals surface area contributed by atoms with Crippen LogP contribution in [0.5, 0.6) is 0 Å². The van der Waals surface area contributed by atoms with Crippen molar-refractivity contribution in [1.29, 1.82) is 0 Å². The molecule has 4 atom stereocenters. The van der Waals surface area contributed by atoms with Gasteiger partial charge in [0.15, 0.2) is 0 Å². The number of carboxylic acid groups (broad SMARTS) is 1. The molecule has 0 radical (unpaired) electrons. The topological polar surface area (TPSA) is 347 Å². The molecule has 0 saturated heterocycles. The Morgan fingerprint density at radius 1 is 0.429 bits per heavy atom. The summed E-state index contributed by atoms with van der Waals surface area (Å²) in [6, 6.07) is -7.19. The number of aliphatic carboxylic acids is 1. The third kappa shape index (κ3) is 24.7. The summed E-state index contributed by atoms with van der Waals surface area (Å²) in [5.74, 6) is -12.8. The zero-order chi connectivity index (χ0) is 48.1. The average Bonchev–Trinajstić information content (AvgIpc) is 3.23. The van der Waals surface area contributed by atoms with Gasteiger partial charge in [-0.1, -0.05) is 84.0 Å². The first kappa shape index (κ1) is 57.6. The highest BCUT2D eigenvalue weighted by Gasteiger charge is 2.33. The molecule has 0 aromatic heterocycles. The maximum atomic E-state index is 13.7. The molecule has 10 amide bonds. The Hall–Kier alpha value is -5.39. The number of hydroxylamine groups is 6. The second kappa shape index (κ2) is 32.3. The number of carbonyl (C=O) groups is 11. The van der Waals surface area contributed by atoms with Crippen LogP contribution in [-0.2, 0) is 52.7 Å². The minimum absolute atomic E-state index is 0.0291. The first-order chi connectivity index (χ1) is 29.7. The Balaban J connectivity index is 5.96. The summed E-state index contributed by atoms with van der Waals surface area (Å²) in [6.07, 6.45) is 9.76. The third-order valence-electron chi connectivity index (χ3n) is 9.77. The molecule has 0 aromatic carbocycles. The highest BCUT2D eigenvalue weighted by atomic mass is 16.5. The van der Waals surface area contributed by atoms with E-state index in [9.17, 15) is 78.6 Å². The van der Waals surface area contributed by atoms with Crippen LogP contribution in [0.4, 0.5) is 0 Å². The van der Waals surface area contributed by atoms with E-state index in [4.69, 9.17) is 0 Å². The molecule has 0 heterocycles. The summed E-state index contributed by atoms with van der Waals surface area (Å²) in [5.41, 5.74) is 0. The SMILES string of the molecule is CCCCCCCCCCCCCCCC(=O)N[C@@H](CCC(=O)N(O)C(C)=O)C(=O)N[C@@H](CCC(=O)N(O)C(C)=O)C(=O)N[C@@H](CO)C(=O)N[C@@H](CCC(=O)N(O)C(C)=O)C(=O)O. The van der Waals surface area contributed by atoms with E-state index in [1.165, 1.54) is 44.9 Å². The zero-order valence-corrected chi connectivity index (χ0v) is 36.7. The fraction of sp³-hybridized carbons (Fsp3) is 0.725. The highest BCUT2D eigenvalue weighted by molar-refractivity contribution is 5.97. The number of hydrogen-bond donors (Lipinski definition) is 9. The molecule has 0 aromatic rings. The van der Waals surface area contributed by atoms with Crippen molar-refractivity contribution >= 4 is 65.0 Å². The van der Waals surface area contributed by atoms with Crippen molar-refractivity contribution in [1.82, 2.24) is 36.5 Å². The molecule has 0 bridgehead atoms. The number of nitrogens with zero attached hydrogens (tertiary/aromatic N) is 3. The molecular formula is C40H67N7O16. The Morgan fingerprint density at radius 3 is 1.08 bits per heavy atom. The van der Waals surface area contributed by atoms with E-state index in [2.05, 4.69) is 22.9 Å². The van der Waals surface area contributed by atoms with Gasteiger partial charge in [0, 0.05) is 46.5 Å². The van der Waals surface area contributed by atoms with Gasteiger partial charge in [-0.05, 0) is 25.7 Å². The van der Waals surface area contributed by atoms with Crippen molar-refractivity contribution < 1.29 is 78.6 Å². The Morgan fingerprint density at radius 2 is 0.730 bits per heavy atom. The number of amides is 10. The zero-order valence-electron chi connectivity index (χ0n) is 36.7. The summed E-state index contributed by atoms with van der Waals surface area (Å²) in [4.78, 5) is 136. The van der Waals surface area contributed by atoms with Crippen molar-refractivity contribution in [3.8, 4) is 0 Å². The van der Waals surface area contributed by atoms with Gasteiger partial charge in [0.05, 0.1) is 6.61 Å². The highest BCUT2D eigenvalue weighted by Crippen LogP contribution is 2.14. The molecule has 0 rings (SSSR count). The second-order valence-electron chi connectivity index (χ2n) is 15.1. The van der Waals surface area contributed by atoms with E-state index in [0.717, 1.165) is 46.5 Å². The minimum Gasteiger partial charge on any atom is -0.480 e. The van der Waals surface area contributed by atoms with Gasteiger partial charge in [-0.25, -0.2) is 4.79 Å². The van der Waals surface area contributed by atoms with Crippen LogP contribution < -0.4 is 21.3 Å². The molecule has 23 nitrogen and oxygen atoms in total. The molecule has 0 fully saturated rings. The van der Waals surface area contributed by atoms with Crippen molar-refractivity contribution in [2.24, 2.45) is 0 Å². The minimum atomic E-state index is -1.93. The van der Waals surface area contributed by atoms with E-state index in [1.807, 2.05) is 5.32 Å². The van der Waals surface area contributed by atoms with Gasteiger partial charge in [0.25, 0.3) is 17.7 Å². The Labute approximate surface area is 366 Å². The quantitative estimate of drug-likeness (QED) is 0.0259. The molecule has 0 spiro atoms.